The van der Waals surface area contributed by atoms with Crippen molar-refractivity contribution in [2.45, 2.75) is 78.0 Å². The Kier molecular flexibility index (Phi) is 12.7. The van der Waals surface area contributed by atoms with Crippen LogP contribution in [0.15, 0.2) is 42.5 Å². The first kappa shape index (κ1) is 33.4. The highest BCUT2D eigenvalue weighted by Gasteiger charge is 2.32. The minimum atomic E-state index is -3.61. The number of rotatable bonds is 16. The molecule has 1 aliphatic rings. The summed E-state index contributed by atoms with van der Waals surface area (Å²) in [5.41, 5.74) is 1.61. The second-order valence-electron chi connectivity index (χ2n) is 12.0. The van der Waals surface area contributed by atoms with Gasteiger partial charge in [0.05, 0.1) is 5.25 Å². The first-order valence-electron chi connectivity index (χ1n) is 15.2. The van der Waals surface area contributed by atoms with Crippen molar-refractivity contribution >= 4 is 27.6 Å². The van der Waals surface area contributed by atoms with Crippen molar-refractivity contribution in [2.75, 3.05) is 36.3 Å². The number of aryl methyl sites for hydroxylation is 1. The number of carbonyl (C=O) groups excluding carboxylic acids is 1. The molecule has 1 aliphatic carbocycles. The predicted octanol–water partition coefficient (Wildman–Crippen LogP) is 5.08. The Labute approximate surface area is 253 Å². The molecule has 3 unspecified atom stereocenters. The molecule has 9 heteroatoms. The lowest BCUT2D eigenvalue weighted by Crippen LogP contribution is -2.38. The molecule has 0 spiro atoms. The maximum Gasteiger partial charge on any atom is 0.251 e. The zero-order chi connectivity index (χ0) is 30.7. The van der Waals surface area contributed by atoms with E-state index >= 15 is 0 Å². The highest BCUT2D eigenvalue weighted by molar-refractivity contribution is 7.93. The summed E-state index contributed by atoms with van der Waals surface area (Å²) in [6.07, 6.45) is 4.34. The number of carbonyl (C=O) groups is 1. The molecule has 230 valence electrons. The lowest BCUT2D eigenvalue weighted by molar-refractivity contribution is 0.0933. The van der Waals surface area contributed by atoms with E-state index in [1.807, 2.05) is 18.2 Å². The third-order valence-electron chi connectivity index (χ3n) is 7.64. The molecule has 1 aromatic carbocycles. The van der Waals surface area contributed by atoms with Crippen LogP contribution in [0, 0.1) is 29.6 Å². The number of hydrogen-bond acceptors (Lipinski definition) is 6. The molecule has 3 atom stereocenters. The lowest BCUT2D eigenvalue weighted by Gasteiger charge is -2.23. The van der Waals surface area contributed by atoms with E-state index in [9.17, 15) is 13.2 Å². The summed E-state index contributed by atoms with van der Waals surface area (Å²) in [5.74, 6) is 8.47. The van der Waals surface area contributed by atoms with Crippen molar-refractivity contribution in [3.8, 4) is 11.8 Å². The van der Waals surface area contributed by atoms with Gasteiger partial charge in [-0.3, -0.25) is 9.10 Å². The van der Waals surface area contributed by atoms with E-state index in [4.69, 9.17) is 0 Å². The average Bonchev–Trinajstić information content (AvgIpc) is 3.68. The van der Waals surface area contributed by atoms with Gasteiger partial charge in [0.2, 0.25) is 10.0 Å². The number of sulfonamides is 1. The van der Waals surface area contributed by atoms with Crippen LogP contribution in [0.25, 0.3) is 0 Å². The minimum Gasteiger partial charge on any atom is -0.370 e. The van der Waals surface area contributed by atoms with Gasteiger partial charge in [0.25, 0.3) is 5.91 Å². The monoisotopic (exact) mass is 595 g/mol. The number of benzene rings is 1. The van der Waals surface area contributed by atoms with Crippen LogP contribution in [-0.4, -0.2) is 57.3 Å². The summed E-state index contributed by atoms with van der Waals surface area (Å²) in [4.78, 5) is 18.2. The van der Waals surface area contributed by atoms with Crippen molar-refractivity contribution in [3.63, 3.8) is 0 Å². The summed E-state index contributed by atoms with van der Waals surface area (Å²) in [5, 5.41) is 9.41. The van der Waals surface area contributed by atoms with Crippen molar-refractivity contribution in [3.05, 3.63) is 53.6 Å². The number of nitrogens with one attached hydrogen (secondary N) is 3. The van der Waals surface area contributed by atoms with Crippen LogP contribution in [0.4, 0.5) is 11.6 Å². The molecule has 1 saturated carbocycles. The van der Waals surface area contributed by atoms with Gasteiger partial charge in [0, 0.05) is 44.1 Å². The molecule has 0 radical (unpaired) electrons. The fourth-order valence-corrected chi connectivity index (χ4v) is 5.62. The van der Waals surface area contributed by atoms with Crippen molar-refractivity contribution < 1.29 is 13.2 Å². The molecule has 1 aromatic heterocycles. The number of amides is 1. The maximum atomic E-state index is 13.6. The third-order valence-corrected chi connectivity index (χ3v) is 9.78. The van der Waals surface area contributed by atoms with E-state index in [2.05, 4.69) is 65.7 Å². The van der Waals surface area contributed by atoms with E-state index in [1.165, 1.54) is 16.9 Å². The standard InChI is InChI=1S/C33H49N5O3S/c1-24(2)12-10-11-18-34-19-17-30(16-15-27-13-8-7-9-14-27)36-33(39)28-21-31(35-23-29-20-26(29)5)37-32(22-28)38(6)42(40,41)25(3)4/h7-9,13-14,21-22,24-26,29-30,34H,11,15-20,23H2,1-6H3,(H,35,37)(H,36,39). The Morgan fingerprint density at radius 3 is 2.45 bits per heavy atom. The van der Waals surface area contributed by atoms with Crippen LogP contribution in [0.2, 0.25) is 0 Å². The molecule has 42 heavy (non-hydrogen) atoms. The molecule has 0 bridgehead atoms. The van der Waals surface area contributed by atoms with Crippen LogP contribution < -0.4 is 20.3 Å². The zero-order valence-corrected chi connectivity index (χ0v) is 26.9. The fourth-order valence-electron chi connectivity index (χ4n) is 4.64. The van der Waals surface area contributed by atoms with Gasteiger partial charge in [-0.05, 0) is 75.6 Å². The SMILES string of the molecule is CC(C)C#CCCNCCC(CCc1ccccc1)NC(=O)c1cc(NCC2CC2C)nc(N(C)S(=O)(=O)C(C)C)c1. The Morgan fingerprint density at radius 1 is 1.10 bits per heavy atom. The lowest BCUT2D eigenvalue weighted by atomic mass is 10.0. The van der Waals surface area contributed by atoms with Gasteiger partial charge < -0.3 is 16.0 Å². The number of nitrogens with zero attached hydrogens (tertiary/aromatic N) is 2. The number of hydrogen-bond donors (Lipinski definition) is 3. The van der Waals surface area contributed by atoms with Gasteiger partial charge >= 0.3 is 0 Å². The molecule has 8 nitrogen and oxygen atoms in total. The summed E-state index contributed by atoms with van der Waals surface area (Å²) in [6.45, 7) is 12.0. The fraction of sp³-hybridized carbons (Fsp3) is 0.576. The van der Waals surface area contributed by atoms with E-state index in [-0.39, 0.29) is 17.8 Å². The highest BCUT2D eigenvalue weighted by Crippen LogP contribution is 2.37. The third kappa shape index (κ3) is 10.6. The molecular weight excluding hydrogens is 546 g/mol. The zero-order valence-electron chi connectivity index (χ0n) is 26.1. The van der Waals surface area contributed by atoms with Crippen molar-refractivity contribution in [2.24, 2.45) is 17.8 Å². The van der Waals surface area contributed by atoms with Crippen LogP contribution in [-0.2, 0) is 16.4 Å². The highest BCUT2D eigenvalue weighted by atomic mass is 32.2. The molecule has 1 amide bonds. The summed E-state index contributed by atoms with van der Waals surface area (Å²) >= 11 is 0. The Balaban J connectivity index is 1.75. The molecular formula is C33H49N5O3S. The summed E-state index contributed by atoms with van der Waals surface area (Å²) in [6, 6.07) is 13.5. The molecule has 2 aromatic rings. The minimum absolute atomic E-state index is 0.0654. The Bertz CT molecular complexity index is 1320. The normalized spacial score (nSPS) is 17.0. The first-order valence-corrected chi connectivity index (χ1v) is 16.7. The Morgan fingerprint density at radius 2 is 1.81 bits per heavy atom. The quantitative estimate of drug-likeness (QED) is 0.185. The number of aromatic nitrogens is 1. The van der Waals surface area contributed by atoms with E-state index in [1.54, 1.807) is 26.0 Å². The van der Waals surface area contributed by atoms with Crippen LogP contribution >= 0.6 is 0 Å². The molecule has 1 fully saturated rings. The van der Waals surface area contributed by atoms with E-state index < -0.39 is 15.3 Å². The number of anilines is 2. The maximum absolute atomic E-state index is 13.6. The molecule has 0 saturated heterocycles. The smallest absolute Gasteiger partial charge is 0.251 e. The predicted molar refractivity (Wildman–Crippen MR) is 173 cm³/mol. The molecule has 1 heterocycles. The largest absolute Gasteiger partial charge is 0.370 e. The number of pyridine rings is 1. The van der Waals surface area contributed by atoms with Gasteiger partial charge in [-0.2, -0.15) is 0 Å². The van der Waals surface area contributed by atoms with E-state index in [0.29, 0.717) is 29.1 Å². The van der Waals surface area contributed by atoms with Crippen molar-refractivity contribution in [1.29, 1.82) is 0 Å². The van der Waals surface area contributed by atoms with Crippen LogP contribution in [0.3, 0.4) is 0 Å². The summed E-state index contributed by atoms with van der Waals surface area (Å²) in [7, 11) is -2.12. The molecule has 3 rings (SSSR count). The molecule has 0 aliphatic heterocycles. The van der Waals surface area contributed by atoms with Gasteiger partial charge in [0.15, 0.2) is 0 Å². The van der Waals surface area contributed by atoms with Crippen LogP contribution in [0.5, 0.6) is 0 Å². The van der Waals surface area contributed by atoms with E-state index in [0.717, 1.165) is 51.7 Å². The van der Waals surface area contributed by atoms with Gasteiger partial charge in [-0.1, -0.05) is 51.1 Å². The second kappa shape index (κ2) is 15.9. The first-order chi connectivity index (χ1) is 20.0. The Hall–Kier alpha value is -3.09. The molecule has 3 N–H and O–H groups in total. The van der Waals surface area contributed by atoms with Gasteiger partial charge in [-0.15, -0.1) is 11.8 Å². The van der Waals surface area contributed by atoms with Crippen molar-refractivity contribution in [1.82, 2.24) is 15.6 Å². The second-order valence-corrected chi connectivity index (χ2v) is 14.5. The van der Waals surface area contributed by atoms with Gasteiger partial charge in [0.1, 0.15) is 11.6 Å². The average molecular weight is 596 g/mol. The van der Waals surface area contributed by atoms with Crippen LogP contribution in [0.1, 0.15) is 76.2 Å². The van der Waals surface area contributed by atoms with Gasteiger partial charge in [-0.25, -0.2) is 13.4 Å². The summed E-state index contributed by atoms with van der Waals surface area (Å²) < 4.78 is 27.0. The topological polar surface area (TPSA) is 103 Å².